The summed E-state index contributed by atoms with van der Waals surface area (Å²) in [7, 11) is 1.44. The third-order valence-electron chi connectivity index (χ3n) is 4.69. The van der Waals surface area contributed by atoms with E-state index in [1.165, 1.54) is 19.5 Å². The van der Waals surface area contributed by atoms with Crippen molar-refractivity contribution < 1.29 is 9.13 Å². The molecule has 1 atom stereocenters. The maximum absolute atomic E-state index is 13.9. The van der Waals surface area contributed by atoms with Crippen molar-refractivity contribution in [1.29, 1.82) is 0 Å². The number of pyridine rings is 1. The highest BCUT2D eigenvalue weighted by atomic mass is 19.1. The van der Waals surface area contributed by atoms with Crippen LogP contribution >= 0.6 is 0 Å². The Bertz CT molecular complexity index is 1100. The number of rotatable bonds is 5. The largest absolute Gasteiger partial charge is 0.494 e. The maximum Gasteiger partial charge on any atom is 0.167 e. The lowest BCUT2D eigenvalue weighted by Crippen LogP contribution is -2.08. The van der Waals surface area contributed by atoms with E-state index in [-0.39, 0.29) is 11.8 Å². The Morgan fingerprint density at radius 1 is 0.964 bits per heavy atom. The van der Waals surface area contributed by atoms with Gasteiger partial charge in [-0.25, -0.2) is 14.4 Å². The summed E-state index contributed by atoms with van der Waals surface area (Å²) < 4.78 is 19.0. The molecule has 4 aromatic rings. The number of fused-ring (bicyclic) bond motifs is 1. The Hall–Kier alpha value is -3.54. The van der Waals surface area contributed by atoms with E-state index in [1.54, 1.807) is 18.5 Å². The van der Waals surface area contributed by atoms with Crippen molar-refractivity contribution in [3.63, 3.8) is 0 Å². The van der Waals surface area contributed by atoms with Crippen LogP contribution in [0.5, 0.6) is 5.75 Å². The van der Waals surface area contributed by atoms with Crippen molar-refractivity contribution in [2.45, 2.75) is 13.0 Å². The van der Waals surface area contributed by atoms with Crippen molar-refractivity contribution >= 4 is 16.7 Å². The molecular weight excluding hydrogens is 355 g/mol. The van der Waals surface area contributed by atoms with Gasteiger partial charge in [-0.2, -0.15) is 0 Å². The van der Waals surface area contributed by atoms with E-state index in [0.717, 1.165) is 16.7 Å². The van der Waals surface area contributed by atoms with Gasteiger partial charge in [-0.05, 0) is 41.8 Å². The normalized spacial score (nSPS) is 12.0. The Balaban J connectivity index is 1.61. The van der Waals surface area contributed by atoms with Crippen LogP contribution < -0.4 is 10.1 Å². The lowest BCUT2D eigenvalue weighted by Gasteiger charge is -2.17. The van der Waals surface area contributed by atoms with Gasteiger partial charge in [0, 0.05) is 29.9 Å². The van der Waals surface area contributed by atoms with Gasteiger partial charge < -0.3 is 10.1 Å². The molecule has 0 aliphatic rings. The molecule has 6 heteroatoms. The molecule has 5 nitrogen and oxygen atoms in total. The Kier molecular flexibility index (Phi) is 4.85. The van der Waals surface area contributed by atoms with Gasteiger partial charge in [0.15, 0.2) is 11.6 Å². The van der Waals surface area contributed by atoms with Crippen LogP contribution in [0.2, 0.25) is 0 Å². The van der Waals surface area contributed by atoms with Gasteiger partial charge in [-0.15, -0.1) is 0 Å². The number of halogens is 1. The molecule has 2 aromatic carbocycles. The number of ether oxygens (including phenoxy) is 1. The van der Waals surface area contributed by atoms with Crippen molar-refractivity contribution in [3.8, 4) is 16.9 Å². The molecule has 0 saturated heterocycles. The number of methoxy groups -OCH3 is 1. The highest BCUT2D eigenvalue weighted by Gasteiger charge is 2.13. The van der Waals surface area contributed by atoms with E-state index >= 15 is 0 Å². The van der Waals surface area contributed by atoms with Crippen LogP contribution in [0, 0.1) is 5.82 Å². The van der Waals surface area contributed by atoms with Crippen molar-refractivity contribution in [3.05, 3.63) is 78.6 Å². The molecule has 0 saturated carbocycles. The molecule has 0 amide bonds. The molecule has 28 heavy (non-hydrogen) atoms. The second kappa shape index (κ2) is 7.60. The van der Waals surface area contributed by atoms with E-state index in [1.807, 2.05) is 12.1 Å². The lowest BCUT2D eigenvalue weighted by molar-refractivity contribution is 0.387. The minimum atomic E-state index is -0.445. The van der Waals surface area contributed by atoms with E-state index in [2.05, 4.69) is 51.5 Å². The zero-order valence-corrected chi connectivity index (χ0v) is 15.6. The zero-order valence-electron chi connectivity index (χ0n) is 15.6. The molecule has 0 aliphatic heterocycles. The van der Waals surface area contributed by atoms with Crippen LogP contribution in [0.3, 0.4) is 0 Å². The van der Waals surface area contributed by atoms with Crippen molar-refractivity contribution in [2.75, 3.05) is 12.4 Å². The van der Waals surface area contributed by atoms with Gasteiger partial charge in [0.1, 0.15) is 12.1 Å². The molecule has 4 rings (SSSR count). The van der Waals surface area contributed by atoms with Gasteiger partial charge in [0.25, 0.3) is 0 Å². The van der Waals surface area contributed by atoms with Crippen LogP contribution in [0.25, 0.3) is 22.0 Å². The van der Waals surface area contributed by atoms with Crippen LogP contribution in [-0.2, 0) is 0 Å². The first kappa shape index (κ1) is 17.9. The topological polar surface area (TPSA) is 59.9 Å². The lowest BCUT2D eigenvalue weighted by atomic mass is 10.0. The quantitative estimate of drug-likeness (QED) is 0.532. The first-order valence-electron chi connectivity index (χ1n) is 8.91. The molecule has 0 aliphatic carbocycles. The molecule has 1 unspecified atom stereocenters. The molecule has 2 aromatic heterocycles. The summed E-state index contributed by atoms with van der Waals surface area (Å²) in [5, 5.41) is 4.10. The average Bonchev–Trinajstić information content (AvgIpc) is 2.74. The Labute approximate surface area is 162 Å². The van der Waals surface area contributed by atoms with E-state index < -0.39 is 5.82 Å². The summed E-state index contributed by atoms with van der Waals surface area (Å²) in [6, 6.07) is 15.3. The first-order chi connectivity index (χ1) is 13.7. The molecule has 2 heterocycles. The molecule has 140 valence electrons. The average molecular weight is 374 g/mol. The van der Waals surface area contributed by atoms with E-state index in [9.17, 15) is 4.39 Å². The molecule has 0 radical (unpaired) electrons. The third kappa shape index (κ3) is 3.49. The van der Waals surface area contributed by atoms with Crippen molar-refractivity contribution in [2.24, 2.45) is 0 Å². The number of nitrogens with zero attached hydrogens (tertiary/aromatic N) is 3. The molecule has 0 fully saturated rings. The third-order valence-corrected chi connectivity index (χ3v) is 4.69. The van der Waals surface area contributed by atoms with Gasteiger partial charge in [-0.3, -0.25) is 4.98 Å². The predicted octanol–water partition coefficient (Wildman–Crippen LogP) is 5.01. The summed E-state index contributed by atoms with van der Waals surface area (Å²) >= 11 is 0. The minimum absolute atomic E-state index is 0.000591. The summed E-state index contributed by atoms with van der Waals surface area (Å²) in [4.78, 5) is 12.5. The standard InChI is InChI=1S/C22H19FN4O/c1-14(15-3-5-16(6-4-15)17-7-9-24-10-8-17)27-22-18-11-21(28-2)19(23)12-20(18)25-13-26-22/h3-14H,1-2H3,(H,25,26,27). The molecular formula is C22H19FN4O. The number of anilines is 1. The summed E-state index contributed by atoms with van der Waals surface area (Å²) in [5.74, 6) is 0.355. The molecule has 0 bridgehead atoms. The van der Waals surface area contributed by atoms with Crippen molar-refractivity contribution in [1.82, 2.24) is 15.0 Å². The number of hydrogen-bond acceptors (Lipinski definition) is 5. The van der Waals surface area contributed by atoms with Gasteiger partial charge in [0.2, 0.25) is 0 Å². The molecule has 0 spiro atoms. The Morgan fingerprint density at radius 3 is 2.39 bits per heavy atom. The SMILES string of the molecule is COc1cc2c(NC(C)c3ccc(-c4ccncc4)cc3)ncnc2cc1F. The van der Waals surface area contributed by atoms with Crippen LogP contribution in [0.15, 0.2) is 67.3 Å². The van der Waals surface area contributed by atoms with Crippen LogP contribution in [0.1, 0.15) is 18.5 Å². The van der Waals surface area contributed by atoms with Gasteiger partial charge >= 0.3 is 0 Å². The fourth-order valence-electron chi connectivity index (χ4n) is 3.13. The second-order valence-electron chi connectivity index (χ2n) is 6.45. The highest BCUT2D eigenvalue weighted by Crippen LogP contribution is 2.30. The van der Waals surface area contributed by atoms with Crippen LogP contribution in [0.4, 0.5) is 10.2 Å². The van der Waals surface area contributed by atoms with Gasteiger partial charge in [0.05, 0.1) is 12.6 Å². The summed E-state index contributed by atoms with van der Waals surface area (Å²) in [5.41, 5.74) is 3.89. The highest BCUT2D eigenvalue weighted by molar-refractivity contribution is 5.90. The maximum atomic E-state index is 13.9. The number of benzene rings is 2. The smallest absolute Gasteiger partial charge is 0.167 e. The molecule has 1 N–H and O–H groups in total. The second-order valence-corrected chi connectivity index (χ2v) is 6.45. The fourth-order valence-corrected chi connectivity index (χ4v) is 3.13. The number of aromatic nitrogens is 3. The predicted molar refractivity (Wildman–Crippen MR) is 108 cm³/mol. The Morgan fingerprint density at radius 2 is 1.68 bits per heavy atom. The minimum Gasteiger partial charge on any atom is -0.494 e. The summed E-state index contributed by atoms with van der Waals surface area (Å²) in [6.07, 6.45) is 4.99. The monoisotopic (exact) mass is 374 g/mol. The fraction of sp³-hybridized carbons (Fsp3) is 0.136. The summed E-state index contributed by atoms with van der Waals surface area (Å²) in [6.45, 7) is 2.05. The van der Waals surface area contributed by atoms with Gasteiger partial charge in [-0.1, -0.05) is 24.3 Å². The zero-order chi connectivity index (χ0) is 19.5. The van der Waals surface area contributed by atoms with E-state index in [0.29, 0.717) is 16.7 Å². The van der Waals surface area contributed by atoms with Crippen LogP contribution in [-0.4, -0.2) is 22.1 Å². The first-order valence-corrected chi connectivity index (χ1v) is 8.91. The number of hydrogen-bond donors (Lipinski definition) is 1. The van der Waals surface area contributed by atoms with E-state index in [4.69, 9.17) is 4.74 Å². The number of nitrogens with one attached hydrogen (secondary N) is 1.